The molecule has 3 rings (SSSR count). The third-order valence-electron chi connectivity index (χ3n) is 4.34. The molecule has 0 aromatic carbocycles. The van der Waals surface area contributed by atoms with Crippen molar-refractivity contribution >= 4 is 40.5 Å². The summed E-state index contributed by atoms with van der Waals surface area (Å²) >= 11 is 6.97. The molecule has 3 heterocycles. The van der Waals surface area contributed by atoms with Gasteiger partial charge in [0.15, 0.2) is 18.2 Å². The Morgan fingerprint density at radius 3 is 2.52 bits per heavy atom. The number of hydrogen-bond acceptors (Lipinski definition) is 7. The number of thiophene rings is 1. The second-order valence-corrected chi connectivity index (χ2v) is 8.24. The van der Waals surface area contributed by atoms with Crippen molar-refractivity contribution in [2.24, 2.45) is 0 Å². The summed E-state index contributed by atoms with van der Waals surface area (Å²) in [5.74, 6) is 0.135. The predicted molar refractivity (Wildman–Crippen MR) is 108 cm³/mol. The first-order valence-corrected chi connectivity index (χ1v) is 10.1. The maximum absolute atomic E-state index is 12.5. The zero-order chi connectivity index (χ0) is 21.1. The van der Waals surface area contributed by atoms with Gasteiger partial charge >= 0.3 is 5.97 Å². The first-order chi connectivity index (χ1) is 13.8. The van der Waals surface area contributed by atoms with Crippen LogP contribution in [-0.4, -0.2) is 33.9 Å². The van der Waals surface area contributed by atoms with E-state index in [1.807, 2.05) is 6.92 Å². The van der Waals surface area contributed by atoms with Crippen LogP contribution in [0.1, 0.15) is 50.0 Å². The van der Waals surface area contributed by atoms with Crippen molar-refractivity contribution in [1.82, 2.24) is 9.72 Å². The molecule has 0 aliphatic heterocycles. The number of rotatable bonds is 8. The number of carbonyl (C=O) groups excluding carboxylic acids is 3. The number of carbonyl (C=O) groups is 3. The normalized spacial score (nSPS) is 10.9. The zero-order valence-electron chi connectivity index (χ0n) is 16.2. The minimum Gasteiger partial charge on any atom is -0.457 e. The maximum atomic E-state index is 12.5. The summed E-state index contributed by atoms with van der Waals surface area (Å²) in [4.78, 5) is 36.9. The number of aryl methyl sites for hydroxylation is 2. The van der Waals surface area contributed by atoms with E-state index in [4.69, 9.17) is 20.9 Å². The van der Waals surface area contributed by atoms with E-state index in [1.54, 1.807) is 42.7 Å². The Kier molecular flexibility index (Phi) is 6.34. The van der Waals surface area contributed by atoms with Crippen LogP contribution in [0.3, 0.4) is 0 Å². The highest BCUT2D eigenvalue weighted by molar-refractivity contribution is 7.18. The highest BCUT2D eigenvalue weighted by Crippen LogP contribution is 2.23. The van der Waals surface area contributed by atoms with Crippen LogP contribution in [0.4, 0.5) is 0 Å². The third-order valence-corrected chi connectivity index (χ3v) is 5.62. The Labute approximate surface area is 176 Å². The van der Waals surface area contributed by atoms with E-state index >= 15 is 0 Å². The van der Waals surface area contributed by atoms with E-state index in [0.717, 1.165) is 17.0 Å². The third kappa shape index (κ3) is 4.83. The molecule has 0 saturated carbocycles. The fourth-order valence-corrected chi connectivity index (χ4v) is 3.97. The molecule has 0 aliphatic carbocycles. The fraction of sp³-hybridized carbons (Fsp3) is 0.300. The van der Waals surface area contributed by atoms with Crippen molar-refractivity contribution in [2.75, 3.05) is 6.61 Å². The Morgan fingerprint density at radius 2 is 1.90 bits per heavy atom. The van der Waals surface area contributed by atoms with E-state index in [-0.39, 0.29) is 31.0 Å². The van der Waals surface area contributed by atoms with Gasteiger partial charge in [0.25, 0.3) is 0 Å². The molecule has 7 nitrogen and oxygen atoms in total. The van der Waals surface area contributed by atoms with E-state index in [0.29, 0.717) is 32.0 Å². The zero-order valence-corrected chi connectivity index (χ0v) is 17.7. The first-order valence-electron chi connectivity index (χ1n) is 8.86. The maximum Gasteiger partial charge on any atom is 0.306 e. The predicted octanol–water partition coefficient (Wildman–Crippen LogP) is 4.49. The number of Topliss-reactive ketones (excluding diaryl/α,β-unsaturated/α-hetero) is 2. The lowest BCUT2D eigenvalue weighted by Crippen LogP contribution is -2.15. The van der Waals surface area contributed by atoms with Gasteiger partial charge in [0.2, 0.25) is 5.78 Å². The molecule has 3 aromatic heterocycles. The molecule has 0 amide bonds. The molecule has 0 unspecified atom stereocenters. The van der Waals surface area contributed by atoms with Crippen LogP contribution in [0.2, 0.25) is 4.34 Å². The molecule has 0 bridgehead atoms. The molecule has 0 N–H and O–H groups in total. The standard InChI is InChI=1S/C20H19ClN2O5S/c1-11-8-14(13(3)23(11)19-9-12(2)28-22-19)16(25)10-27-20(26)7-4-15(24)17-5-6-18(21)29-17/h5-6,8-9H,4,7,10H2,1-3H3. The number of ether oxygens (including phenoxy) is 1. The fourth-order valence-electron chi connectivity index (χ4n) is 2.96. The molecule has 29 heavy (non-hydrogen) atoms. The summed E-state index contributed by atoms with van der Waals surface area (Å²) < 4.78 is 12.5. The van der Waals surface area contributed by atoms with Crippen LogP contribution >= 0.6 is 22.9 Å². The number of esters is 1. The Morgan fingerprint density at radius 1 is 1.14 bits per heavy atom. The van der Waals surface area contributed by atoms with Crippen molar-refractivity contribution in [3.8, 4) is 5.82 Å². The van der Waals surface area contributed by atoms with Gasteiger partial charge in [-0.15, -0.1) is 11.3 Å². The van der Waals surface area contributed by atoms with Crippen LogP contribution in [0.15, 0.2) is 28.8 Å². The SMILES string of the molecule is Cc1cc(-n2c(C)cc(C(=O)COC(=O)CCC(=O)c3ccc(Cl)s3)c2C)no1. The molecule has 0 fully saturated rings. The van der Waals surface area contributed by atoms with Crippen LogP contribution in [0, 0.1) is 20.8 Å². The van der Waals surface area contributed by atoms with Crippen LogP contribution in [-0.2, 0) is 9.53 Å². The molecular formula is C20H19ClN2O5S. The van der Waals surface area contributed by atoms with Crippen molar-refractivity contribution in [3.05, 3.63) is 56.2 Å². The van der Waals surface area contributed by atoms with Crippen molar-refractivity contribution < 1.29 is 23.6 Å². The van der Waals surface area contributed by atoms with Gasteiger partial charge in [-0.1, -0.05) is 16.8 Å². The van der Waals surface area contributed by atoms with E-state index in [2.05, 4.69) is 5.16 Å². The molecule has 0 saturated heterocycles. The lowest BCUT2D eigenvalue weighted by atomic mass is 10.1. The molecule has 0 radical (unpaired) electrons. The molecule has 0 atom stereocenters. The van der Waals surface area contributed by atoms with Gasteiger partial charge in [0.05, 0.1) is 15.6 Å². The number of halogens is 1. The molecule has 0 spiro atoms. The van der Waals surface area contributed by atoms with Gasteiger partial charge < -0.3 is 9.26 Å². The van der Waals surface area contributed by atoms with Crippen LogP contribution in [0.5, 0.6) is 0 Å². The second kappa shape index (κ2) is 8.75. The van der Waals surface area contributed by atoms with Crippen molar-refractivity contribution in [2.45, 2.75) is 33.6 Å². The lowest BCUT2D eigenvalue weighted by molar-refractivity contribution is -0.142. The number of hydrogen-bond donors (Lipinski definition) is 0. The van der Waals surface area contributed by atoms with Gasteiger partial charge in [-0.25, -0.2) is 0 Å². The highest BCUT2D eigenvalue weighted by Gasteiger charge is 2.20. The minimum absolute atomic E-state index is 0.00386. The monoisotopic (exact) mass is 434 g/mol. The van der Waals surface area contributed by atoms with Crippen molar-refractivity contribution in [1.29, 1.82) is 0 Å². The smallest absolute Gasteiger partial charge is 0.306 e. The summed E-state index contributed by atoms with van der Waals surface area (Å²) in [6.07, 6.45) is -0.0945. The van der Waals surface area contributed by atoms with Gasteiger partial charge in [0, 0.05) is 29.4 Å². The van der Waals surface area contributed by atoms with Crippen LogP contribution < -0.4 is 0 Å². The Bertz CT molecular complexity index is 1080. The lowest BCUT2D eigenvalue weighted by Gasteiger charge is -2.06. The average Bonchev–Trinajstić information content (AvgIpc) is 3.37. The number of ketones is 2. The second-order valence-electron chi connectivity index (χ2n) is 6.53. The van der Waals surface area contributed by atoms with Gasteiger partial charge in [-0.2, -0.15) is 0 Å². The first kappa shape index (κ1) is 21.0. The van der Waals surface area contributed by atoms with E-state index < -0.39 is 5.97 Å². The molecule has 9 heteroatoms. The Hall–Kier alpha value is -2.71. The topological polar surface area (TPSA) is 91.4 Å². The van der Waals surface area contributed by atoms with E-state index in [9.17, 15) is 14.4 Å². The quantitative estimate of drug-likeness (QED) is 0.383. The highest BCUT2D eigenvalue weighted by atomic mass is 35.5. The van der Waals surface area contributed by atoms with Gasteiger partial charge in [-0.05, 0) is 39.0 Å². The largest absolute Gasteiger partial charge is 0.457 e. The summed E-state index contributed by atoms with van der Waals surface area (Å²) in [5, 5.41) is 3.97. The summed E-state index contributed by atoms with van der Waals surface area (Å²) in [6, 6.07) is 6.75. The summed E-state index contributed by atoms with van der Waals surface area (Å²) in [5.41, 5.74) is 1.94. The molecular weight excluding hydrogens is 416 g/mol. The molecule has 152 valence electrons. The number of nitrogens with zero attached hydrogens (tertiary/aromatic N) is 2. The van der Waals surface area contributed by atoms with Gasteiger partial charge in [0.1, 0.15) is 5.76 Å². The van der Waals surface area contributed by atoms with Crippen LogP contribution in [0.25, 0.3) is 5.82 Å². The van der Waals surface area contributed by atoms with Gasteiger partial charge in [-0.3, -0.25) is 19.0 Å². The summed E-state index contributed by atoms with van der Waals surface area (Å²) in [6.45, 7) is 5.03. The average molecular weight is 435 g/mol. The molecule has 3 aromatic rings. The number of aromatic nitrogens is 2. The minimum atomic E-state index is -0.602. The Balaban J connectivity index is 1.57. The summed E-state index contributed by atoms with van der Waals surface area (Å²) in [7, 11) is 0. The van der Waals surface area contributed by atoms with E-state index in [1.165, 1.54) is 0 Å². The molecule has 0 aliphatic rings. The van der Waals surface area contributed by atoms with Crippen molar-refractivity contribution in [3.63, 3.8) is 0 Å².